The Morgan fingerprint density at radius 1 is 1.06 bits per heavy atom. The third kappa shape index (κ3) is 3.89. The Kier molecular flexibility index (Phi) is 5.02. The summed E-state index contributed by atoms with van der Waals surface area (Å²) in [5.74, 6) is -0.607. The van der Waals surface area contributed by atoms with Crippen LogP contribution < -0.4 is 10.9 Å². The quantitative estimate of drug-likeness (QED) is 0.505. The van der Waals surface area contributed by atoms with Crippen molar-refractivity contribution in [3.63, 3.8) is 0 Å². The number of anilines is 1. The lowest BCUT2D eigenvalue weighted by molar-refractivity contribution is -0.141. The van der Waals surface area contributed by atoms with Crippen LogP contribution in [0.15, 0.2) is 66.0 Å². The Bertz CT molecular complexity index is 1360. The highest BCUT2D eigenvalue weighted by molar-refractivity contribution is 6.07. The molecule has 4 aromatic rings. The molecule has 1 amide bonds. The van der Waals surface area contributed by atoms with Gasteiger partial charge in [-0.2, -0.15) is 13.2 Å². The fourth-order valence-electron chi connectivity index (χ4n) is 3.34. The molecule has 3 heterocycles. The van der Waals surface area contributed by atoms with Crippen molar-refractivity contribution >= 4 is 22.4 Å². The van der Waals surface area contributed by atoms with Gasteiger partial charge in [-0.3, -0.25) is 19.6 Å². The predicted molar refractivity (Wildman–Crippen MR) is 110 cm³/mol. The van der Waals surface area contributed by atoms with Gasteiger partial charge in [-0.15, -0.1) is 0 Å². The maximum Gasteiger partial charge on any atom is 0.433 e. The van der Waals surface area contributed by atoms with Gasteiger partial charge in [0.2, 0.25) is 0 Å². The number of amides is 1. The molecule has 0 bridgehead atoms. The third-order valence-corrected chi connectivity index (χ3v) is 4.87. The molecule has 0 saturated carbocycles. The predicted octanol–water partition coefficient (Wildman–Crippen LogP) is 4.56. The molecule has 0 saturated heterocycles. The second kappa shape index (κ2) is 7.67. The van der Waals surface area contributed by atoms with E-state index in [-0.39, 0.29) is 16.8 Å². The van der Waals surface area contributed by atoms with Crippen LogP contribution in [0, 0.1) is 6.92 Å². The maximum absolute atomic E-state index is 12.9. The van der Waals surface area contributed by atoms with Crippen molar-refractivity contribution in [1.82, 2.24) is 15.0 Å². The van der Waals surface area contributed by atoms with Crippen LogP contribution in [0.1, 0.15) is 21.6 Å². The summed E-state index contributed by atoms with van der Waals surface area (Å²) in [6.45, 7) is 1.71. The summed E-state index contributed by atoms with van der Waals surface area (Å²) >= 11 is 0. The highest BCUT2D eigenvalue weighted by atomic mass is 19.4. The Balaban J connectivity index is 1.73. The second-order valence-electron chi connectivity index (χ2n) is 6.81. The van der Waals surface area contributed by atoms with E-state index >= 15 is 0 Å². The number of halogens is 3. The van der Waals surface area contributed by atoms with E-state index in [4.69, 9.17) is 0 Å². The number of hydrogen-bond acceptors (Lipinski definition) is 4. The van der Waals surface area contributed by atoms with Gasteiger partial charge in [-0.05, 0) is 47.7 Å². The summed E-state index contributed by atoms with van der Waals surface area (Å²) in [7, 11) is 0. The average molecular weight is 424 g/mol. The first-order chi connectivity index (χ1) is 14.8. The minimum atomic E-state index is -4.62. The standard InChI is InChI=1S/C22H15F3N4O2/c1-12-17(14-3-2-4-16-15(14)6-8-28-20(16)30)10-26-11-18(12)21(31)29-13-5-7-27-19(9-13)22(23,24)25/h2-11H,1H3,(H,28,30)(H,27,29,31). The topological polar surface area (TPSA) is 87.7 Å². The molecule has 0 radical (unpaired) electrons. The van der Waals surface area contributed by atoms with Crippen LogP contribution in [0.2, 0.25) is 0 Å². The molecular weight excluding hydrogens is 409 g/mol. The van der Waals surface area contributed by atoms with Gasteiger partial charge in [0.1, 0.15) is 5.69 Å². The first kappa shape index (κ1) is 20.3. The van der Waals surface area contributed by atoms with Crippen molar-refractivity contribution in [2.45, 2.75) is 13.1 Å². The number of rotatable bonds is 3. The molecule has 0 aliphatic rings. The van der Waals surface area contributed by atoms with Crippen LogP contribution in [0.5, 0.6) is 0 Å². The van der Waals surface area contributed by atoms with Crippen molar-refractivity contribution in [2.75, 3.05) is 5.32 Å². The number of hydrogen-bond donors (Lipinski definition) is 2. The molecule has 0 aliphatic carbocycles. The van der Waals surface area contributed by atoms with Crippen LogP contribution in [-0.2, 0) is 6.18 Å². The highest BCUT2D eigenvalue weighted by Crippen LogP contribution is 2.31. The minimum absolute atomic E-state index is 0.0335. The number of pyridine rings is 3. The number of carbonyl (C=O) groups is 1. The van der Waals surface area contributed by atoms with Gasteiger partial charge in [-0.25, -0.2) is 0 Å². The minimum Gasteiger partial charge on any atom is -0.329 e. The normalized spacial score (nSPS) is 11.5. The number of fused-ring (bicyclic) bond motifs is 1. The van der Waals surface area contributed by atoms with Gasteiger partial charge in [0.05, 0.1) is 5.56 Å². The van der Waals surface area contributed by atoms with Gasteiger partial charge in [0, 0.05) is 41.4 Å². The average Bonchev–Trinajstić information content (AvgIpc) is 2.73. The second-order valence-corrected chi connectivity index (χ2v) is 6.81. The van der Waals surface area contributed by atoms with E-state index in [1.807, 2.05) is 6.07 Å². The summed E-state index contributed by atoms with van der Waals surface area (Å²) < 4.78 is 38.6. The van der Waals surface area contributed by atoms with Crippen molar-refractivity contribution in [3.8, 4) is 11.1 Å². The summed E-state index contributed by atoms with van der Waals surface area (Å²) in [4.78, 5) is 34.9. The molecule has 6 nitrogen and oxygen atoms in total. The van der Waals surface area contributed by atoms with Gasteiger partial charge in [0.15, 0.2) is 0 Å². The van der Waals surface area contributed by atoms with Crippen LogP contribution in [0.3, 0.4) is 0 Å². The molecule has 1 aromatic carbocycles. The lowest BCUT2D eigenvalue weighted by atomic mass is 9.95. The van der Waals surface area contributed by atoms with Gasteiger partial charge in [0.25, 0.3) is 11.5 Å². The first-order valence-corrected chi connectivity index (χ1v) is 9.15. The maximum atomic E-state index is 12.9. The van der Waals surface area contributed by atoms with Crippen molar-refractivity contribution in [3.05, 3.63) is 88.4 Å². The Labute approximate surface area is 173 Å². The Morgan fingerprint density at radius 3 is 2.65 bits per heavy atom. The van der Waals surface area contributed by atoms with Crippen LogP contribution in [0.4, 0.5) is 18.9 Å². The van der Waals surface area contributed by atoms with Crippen LogP contribution >= 0.6 is 0 Å². The zero-order valence-corrected chi connectivity index (χ0v) is 16.1. The fraction of sp³-hybridized carbons (Fsp3) is 0.0909. The molecule has 3 aromatic heterocycles. The van der Waals surface area contributed by atoms with E-state index < -0.39 is 17.8 Å². The van der Waals surface area contributed by atoms with Crippen molar-refractivity contribution in [1.29, 1.82) is 0 Å². The summed E-state index contributed by atoms with van der Waals surface area (Å²) in [5, 5.41) is 3.65. The molecule has 4 rings (SSSR count). The number of carbonyl (C=O) groups excluding carboxylic acids is 1. The van der Waals surface area contributed by atoms with E-state index in [1.165, 1.54) is 18.5 Å². The monoisotopic (exact) mass is 424 g/mol. The molecule has 0 unspecified atom stereocenters. The van der Waals surface area contributed by atoms with E-state index in [0.29, 0.717) is 27.5 Å². The van der Waals surface area contributed by atoms with E-state index in [2.05, 4.69) is 20.3 Å². The zero-order valence-electron chi connectivity index (χ0n) is 16.1. The lowest BCUT2D eigenvalue weighted by Gasteiger charge is -2.13. The first-order valence-electron chi connectivity index (χ1n) is 9.15. The highest BCUT2D eigenvalue weighted by Gasteiger charge is 2.32. The molecular formula is C22H15F3N4O2. The van der Waals surface area contributed by atoms with E-state index in [1.54, 1.807) is 31.3 Å². The van der Waals surface area contributed by atoms with Gasteiger partial charge >= 0.3 is 6.18 Å². The fourth-order valence-corrected chi connectivity index (χ4v) is 3.34. The molecule has 9 heteroatoms. The number of aromatic amines is 1. The Morgan fingerprint density at radius 2 is 1.87 bits per heavy atom. The summed E-state index contributed by atoms with van der Waals surface area (Å²) in [6, 6.07) is 9.03. The third-order valence-electron chi connectivity index (χ3n) is 4.87. The van der Waals surface area contributed by atoms with Gasteiger partial charge < -0.3 is 10.3 Å². The van der Waals surface area contributed by atoms with Crippen LogP contribution in [0.25, 0.3) is 21.9 Å². The zero-order chi connectivity index (χ0) is 22.2. The Hall–Kier alpha value is -4.01. The molecule has 0 atom stereocenters. The van der Waals surface area contributed by atoms with E-state index in [9.17, 15) is 22.8 Å². The SMILES string of the molecule is Cc1c(C(=O)Nc2ccnc(C(F)(F)F)c2)cncc1-c1cccc2c(=O)[nH]ccc12. The molecule has 0 spiro atoms. The van der Waals surface area contributed by atoms with Crippen LogP contribution in [-0.4, -0.2) is 20.9 Å². The number of nitrogens with zero attached hydrogens (tertiary/aromatic N) is 2. The van der Waals surface area contributed by atoms with Crippen molar-refractivity contribution < 1.29 is 18.0 Å². The molecule has 0 aliphatic heterocycles. The van der Waals surface area contributed by atoms with E-state index in [0.717, 1.165) is 12.3 Å². The summed E-state index contributed by atoms with van der Waals surface area (Å²) in [5.41, 5.74) is 0.747. The van der Waals surface area contributed by atoms with Crippen molar-refractivity contribution in [2.24, 2.45) is 0 Å². The van der Waals surface area contributed by atoms with Gasteiger partial charge in [-0.1, -0.05) is 12.1 Å². The lowest BCUT2D eigenvalue weighted by Crippen LogP contribution is -2.16. The number of H-pyrrole nitrogens is 1. The molecule has 0 fully saturated rings. The molecule has 156 valence electrons. The number of aromatic nitrogens is 3. The number of nitrogens with one attached hydrogen (secondary N) is 2. The molecule has 2 N–H and O–H groups in total. The summed E-state index contributed by atoms with van der Waals surface area (Å²) in [6.07, 6.45) is 0.821. The largest absolute Gasteiger partial charge is 0.433 e. The molecule has 31 heavy (non-hydrogen) atoms. The smallest absolute Gasteiger partial charge is 0.329 e. The number of benzene rings is 1. The number of alkyl halides is 3.